The van der Waals surface area contributed by atoms with Crippen LogP contribution in [0.3, 0.4) is 0 Å². The van der Waals surface area contributed by atoms with Gasteiger partial charge < -0.3 is 16.4 Å². The Labute approximate surface area is 147 Å². The molecule has 0 fully saturated rings. The zero-order chi connectivity index (χ0) is 14.8. The van der Waals surface area contributed by atoms with E-state index in [0.29, 0.717) is 29.6 Å². The number of rotatable bonds is 7. The number of guanidine groups is 1. The van der Waals surface area contributed by atoms with E-state index in [0.717, 1.165) is 19.4 Å². The van der Waals surface area contributed by atoms with Gasteiger partial charge >= 0.3 is 0 Å². The number of hydrogen-bond acceptors (Lipinski definition) is 2. The highest BCUT2D eigenvalue weighted by atomic mass is 127. The summed E-state index contributed by atoms with van der Waals surface area (Å²) in [5, 5.41) is 6.15. The predicted molar refractivity (Wildman–Crippen MR) is 98.6 cm³/mol. The van der Waals surface area contributed by atoms with Gasteiger partial charge in [0.2, 0.25) is 0 Å². The Balaban J connectivity index is 0.00000400. The topological polar surface area (TPSA) is 79.5 Å². The third-order valence-corrected chi connectivity index (χ3v) is 2.96. The molecule has 118 valence electrons. The Bertz CT molecular complexity index is 468. The lowest BCUT2D eigenvalue weighted by molar-refractivity contribution is 0.0954. The van der Waals surface area contributed by atoms with Gasteiger partial charge in [0.1, 0.15) is 0 Å². The lowest BCUT2D eigenvalue weighted by Crippen LogP contribution is -2.38. The fraction of sp³-hybridized carbons (Fsp3) is 0.429. The highest BCUT2D eigenvalue weighted by Gasteiger charge is 2.07. The molecule has 0 unspecified atom stereocenters. The van der Waals surface area contributed by atoms with Gasteiger partial charge in [0.15, 0.2) is 5.96 Å². The van der Waals surface area contributed by atoms with Crippen LogP contribution in [0.2, 0.25) is 5.02 Å². The molecule has 1 aromatic rings. The second-order valence-electron chi connectivity index (χ2n) is 4.28. The van der Waals surface area contributed by atoms with Crippen molar-refractivity contribution >= 4 is 47.4 Å². The highest BCUT2D eigenvalue weighted by Crippen LogP contribution is 2.14. The van der Waals surface area contributed by atoms with Crippen molar-refractivity contribution < 1.29 is 4.79 Å². The summed E-state index contributed by atoms with van der Waals surface area (Å²) in [6, 6.07) is 6.93. The first kappa shape index (κ1) is 20.0. The number of aliphatic imine (C=N–C) groups is 1. The van der Waals surface area contributed by atoms with E-state index in [-0.39, 0.29) is 29.9 Å². The summed E-state index contributed by atoms with van der Waals surface area (Å²) >= 11 is 5.94. The van der Waals surface area contributed by atoms with Crippen molar-refractivity contribution in [2.24, 2.45) is 10.7 Å². The SMILES string of the molecule is CCCCN=C(N)NCCNC(=O)c1ccccc1Cl.I. The van der Waals surface area contributed by atoms with Crippen LogP contribution in [0, 0.1) is 0 Å². The molecule has 0 saturated carbocycles. The summed E-state index contributed by atoms with van der Waals surface area (Å²) in [5.74, 6) is 0.212. The van der Waals surface area contributed by atoms with Gasteiger partial charge in [-0.25, -0.2) is 0 Å². The molecule has 0 aliphatic rings. The van der Waals surface area contributed by atoms with Gasteiger partial charge in [0, 0.05) is 19.6 Å². The van der Waals surface area contributed by atoms with E-state index >= 15 is 0 Å². The molecule has 0 bridgehead atoms. The molecule has 0 aliphatic heterocycles. The third kappa shape index (κ3) is 8.11. The van der Waals surface area contributed by atoms with Gasteiger partial charge in [-0.05, 0) is 18.6 Å². The number of amides is 1. The molecule has 0 aliphatic carbocycles. The minimum Gasteiger partial charge on any atom is -0.370 e. The first-order chi connectivity index (χ1) is 9.65. The number of hydrogen-bond donors (Lipinski definition) is 3. The summed E-state index contributed by atoms with van der Waals surface area (Å²) in [6.07, 6.45) is 2.11. The van der Waals surface area contributed by atoms with Crippen LogP contribution in [0.1, 0.15) is 30.1 Å². The summed E-state index contributed by atoms with van der Waals surface area (Å²) in [7, 11) is 0. The second kappa shape index (κ2) is 11.6. The number of nitrogens with zero attached hydrogens (tertiary/aromatic N) is 1. The van der Waals surface area contributed by atoms with E-state index in [4.69, 9.17) is 17.3 Å². The molecular formula is C14H22ClIN4O. The van der Waals surface area contributed by atoms with E-state index in [9.17, 15) is 4.79 Å². The zero-order valence-electron chi connectivity index (χ0n) is 12.1. The molecule has 1 aromatic carbocycles. The molecule has 0 spiro atoms. The molecule has 0 saturated heterocycles. The average molecular weight is 425 g/mol. The summed E-state index contributed by atoms with van der Waals surface area (Å²) in [4.78, 5) is 16.0. The van der Waals surface area contributed by atoms with Gasteiger partial charge in [-0.3, -0.25) is 9.79 Å². The molecule has 5 nitrogen and oxygen atoms in total. The van der Waals surface area contributed by atoms with Gasteiger partial charge in [-0.1, -0.05) is 37.1 Å². The molecule has 1 rings (SSSR count). The summed E-state index contributed by atoms with van der Waals surface area (Å²) in [6.45, 7) is 3.80. The number of benzene rings is 1. The number of carbonyl (C=O) groups excluding carboxylic acids is 1. The maximum atomic E-state index is 11.8. The lowest BCUT2D eigenvalue weighted by atomic mass is 10.2. The maximum Gasteiger partial charge on any atom is 0.252 e. The third-order valence-electron chi connectivity index (χ3n) is 2.63. The second-order valence-corrected chi connectivity index (χ2v) is 4.69. The van der Waals surface area contributed by atoms with E-state index in [1.165, 1.54) is 0 Å². The fourth-order valence-electron chi connectivity index (χ4n) is 1.52. The quantitative estimate of drug-likeness (QED) is 0.272. The smallest absolute Gasteiger partial charge is 0.252 e. The Morgan fingerprint density at radius 3 is 2.62 bits per heavy atom. The van der Waals surface area contributed by atoms with Crippen LogP contribution < -0.4 is 16.4 Å². The first-order valence-corrected chi connectivity index (χ1v) is 7.09. The van der Waals surface area contributed by atoms with E-state index in [1.54, 1.807) is 24.3 Å². The highest BCUT2D eigenvalue weighted by molar-refractivity contribution is 14.0. The van der Waals surface area contributed by atoms with Gasteiger partial charge in [-0.2, -0.15) is 0 Å². The van der Waals surface area contributed by atoms with Crippen molar-refractivity contribution in [3.63, 3.8) is 0 Å². The summed E-state index contributed by atoms with van der Waals surface area (Å²) < 4.78 is 0. The normalized spacial score (nSPS) is 10.7. The molecule has 4 N–H and O–H groups in total. The van der Waals surface area contributed by atoms with Crippen LogP contribution in [-0.2, 0) is 0 Å². The predicted octanol–water partition coefficient (Wildman–Crippen LogP) is 2.39. The largest absolute Gasteiger partial charge is 0.370 e. The van der Waals surface area contributed by atoms with Crippen LogP contribution in [0.15, 0.2) is 29.3 Å². The molecule has 1 amide bonds. The Kier molecular flexibility index (Phi) is 11.1. The van der Waals surface area contributed by atoms with Crippen molar-refractivity contribution in [3.8, 4) is 0 Å². The summed E-state index contributed by atoms with van der Waals surface area (Å²) in [5.41, 5.74) is 6.14. The van der Waals surface area contributed by atoms with Crippen molar-refractivity contribution in [1.29, 1.82) is 0 Å². The van der Waals surface area contributed by atoms with Crippen LogP contribution in [0.5, 0.6) is 0 Å². The fourth-order valence-corrected chi connectivity index (χ4v) is 1.74. The van der Waals surface area contributed by atoms with E-state index < -0.39 is 0 Å². The first-order valence-electron chi connectivity index (χ1n) is 6.71. The molecule has 7 heteroatoms. The molecule has 0 heterocycles. The molecule has 0 aromatic heterocycles. The monoisotopic (exact) mass is 424 g/mol. The van der Waals surface area contributed by atoms with Crippen molar-refractivity contribution in [3.05, 3.63) is 34.9 Å². The number of halogens is 2. The molecular weight excluding hydrogens is 403 g/mol. The number of nitrogens with one attached hydrogen (secondary N) is 2. The number of nitrogens with two attached hydrogens (primary N) is 1. The Morgan fingerprint density at radius 1 is 1.29 bits per heavy atom. The van der Waals surface area contributed by atoms with E-state index in [2.05, 4.69) is 22.5 Å². The van der Waals surface area contributed by atoms with Crippen LogP contribution in [0.4, 0.5) is 0 Å². The molecule has 0 radical (unpaired) electrons. The minimum absolute atomic E-state index is 0. The van der Waals surface area contributed by atoms with Gasteiger partial charge in [0.25, 0.3) is 5.91 Å². The zero-order valence-corrected chi connectivity index (χ0v) is 15.2. The van der Waals surface area contributed by atoms with Crippen molar-refractivity contribution in [2.75, 3.05) is 19.6 Å². The average Bonchev–Trinajstić information content (AvgIpc) is 2.44. The Hall–Kier alpha value is -1.02. The Morgan fingerprint density at radius 2 is 1.95 bits per heavy atom. The van der Waals surface area contributed by atoms with Gasteiger partial charge in [-0.15, -0.1) is 24.0 Å². The van der Waals surface area contributed by atoms with Crippen LogP contribution in [-0.4, -0.2) is 31.5 Å². The lowest BCUT2D eigenvalue weighted by Gasteiger charge is -2.08. The van der Waals surface area contributed by atoms with Gasteiger partial charge in [0.05, 0.1) is 10.6 Å². The van der Waals surface area contributed by atoms with Crippen molar-refractivity contribution in [1.82, 2.24) is 10.6 Å². The van der Waals surface area contributed by atoms with E-state index in [1.807, 2.05) is 0 Å². The van der Waals surface area contributed by atoms with Crippen LogP contribution in [0.25, 0.3) is 0 Å². The number of unbranched alkanes of at least 4 members (excludes halogenated alkanes) is 1. The standard InChI is InChI=1S/C14H21ClN4O.HI/c1-2-3-8-18-14(16)19-10-9-17-13(20)11-6-4-5-7-12(11)15;/h4-7H,2-3,8-10H2,1H3,(H,17,20)(H3,16,18,19);1H. The molecule has 0 atom stereocenters. The number of carbonyl (C=O) groups is 1. The maximum absolute atomic E-state index is 11.8. The minimum atomic E-state index is -0.195. The van der Waals surface area contributed by atoms with Crippen molar-refractivity contribution in [2.45, 2.75) is 19.8 Å². The molecule has 21 heavy (non-hydrogen) atoms. The van der Waals surface area contributed by atoms with Crippen LogP contribution >= 0.6 is 35.6 Å².